The molecule has 0 fully saturated rings. The van der Waals surface area contributed by atoms with Crippen molar-refractivity contribution in [3.05, 3.63) is 0 Å². The van der Waals surface area contributed by atoms with Crippen LogP contribution in [0.15, 0.2) is 0 Å². The van der Waals surface area contributed by atoms with Gasteiger partial charge in [-0.1, -0.05) is 20.3 Å². The summed E-state index contributed by atoms with van der Waals surface area (Å²) < 4.78 is 0. The highest BCUT2D eigenvalue weighted by Crippen LogP contribution is 2.06. The van der Waals surface area contributed by atoms with Gasteiger partial charge in [-0.15, -0.1) is 0 Å². The Hall–Kier alpha value is -1.96. The first-order chi connectivity index (χ1) is 9.83. The van der Waals surface area contributed by atoms with E-state index in [0.717, 1.165) is 0 Å². The van der Waals surface area contributed by atoms with Gasteiger partial charge in [-0.25, -0.2) is 0 Å². The summed E-state index contributed by atoms with van der Waals surface area (Å²) in [6.45, 7) is 3.36. The quantitative estimate of drug-likeness (QED) is 0.405. The molecular weight excluding hydrogens is 278 g/mol. The minimum Gasteiger partial charge on any atom is -0.481 e. The third-order valence-corrected chi connectivity index (χ3v) is 3.17. The first-order valence-electron chi connectivity index (χ1n) is 6.73. The van der Waals surface area contributed by atoms with E-state index in [0.29, 0.717) is 6.42 Å². The molecule has 0 spiro atoms. The van der Waals surface area contributed by atoms with Gasteiger partial charge in [-0.2, -0.15) is 0 Å². The van der Waals surface area contributed by atoms with Gasteiger partial charge in [-0.3, -0.25) is 19.2 Å². The van der Waals surface area contributed by atoms with Gasteiger partial charge < -0.3 is 21.5 Å². The molecule has 0 saturated carbocycles. The first-order valence-corrected chi connectivity index (χ1v) is 6.73. The summed E-state index contributed by atoms with van der Waals surface area (Å²) in [5.74, 6) is -2.32. The van der Waals surface area contributed by atoms with Gasteiger partial charge in [0.25, 0.3) is 0 Å². The fourth-order valence-electron chi connectivity index (χ4n) is 1.56. The van der Waals surface area contributed by atoms with E-state index in [-0.39, 0.29) is 25.3 Å². The van der Waals surface area contributed by atoms with Crippen LogP contribution in [-0.2, 0) is 19.2 Å². The number of carbonyl (C=O) groups excluding carboxylic acids is 3. The predicted molar refractivity (Wildman–Crippen MR) is 74.9 cm³/mol. The highest BCUT2D eigenvalue weighted by atomic mass is 16.4. The van der Waals surface area contributed by atoms with Crippen molar-refractivity contribution in [1.82, 2.24) is 10.6 Å². The summed E-state index contributed by atoms with van der Waals surface area (Å²) in [5, 5.41) is 13.3. The molecule has 0 aromatic heterocycles. The number of hydrogen-bond donors (Lipinski definition) is 4. The van der Waals surface area contributed by atoms with Crippen LogP contribution in [0.2, 0.25) is 0 Å². The van der Waals surface area contributed by atoms with Gasteiger partial charge in [0.2, 0.25) is 18.1 Å². The number of aliphatic carboxylic acids is 1. The van der Waals surface area contributed by atoms with E-state index in [1.807, 2.05) is 6.92 Å². The standard InChI is InChI=1S/C13H22N3O5/c1-3-8(2)11(14)13(21)16-9(4-5-10(18)19)12(20)15-6-7-17/h8-9,11H,3-6,14H2,1-2H3,(H,15,20)(H,16,21)(H,18,19)/t8-,9-,11-/m0/s1. The topological polar surface area (TPSA) is 139 Å². The van der Waals surface area contributed by atoms with Gasteiger partial charge in [0.05, 0.1) is 12.6 Å². The zero-order valence-electron chi connectivity index (χ0n) is 12.2. The average Bonchev–Trinajstić information content (AvgIpc) is 2.46. The number of carboxylic acids is 1. The molecule has 1 radical (unpaired) electrons. The normalized spacial score (nSPS) is 14.6. The fourth-order valence-corrected chi connectivity index (χ4v) is 1.56. The lowest BCUT2D eigenvalue weighted by molar-refractivity contribution is -0.138. The zero-order valence-corrected chi connectivity index (χ0v) is 12.2. The third kappa shape index (κ3) is 7.40. The number of hydrogen-bond acceptors (Lipinski definition) is 5. The second-order valence-corrected chi connectivity index (χ2v) is 4.77. The molecular formula is C13H22N3O5. The van der Waals surface area contributed by atoms with E-state index in [1.165, 1.54) is 6.29 Å². The van der Waals surface area contributed by atoms with Crippen LogP contribution in [0, 0.1) is 5.92 Å². The number of nitrogens with one attached hydrogen (secondary N) is 2. The second kappa shape index (κ2) is 9.87. The van der Waals surface area contributed by atoms with E-state index >= 15 is 0 Å². The van der Waals surface area contributed by atoms with Crippen LogP contribution in [0.4, 0.5) is 0 Å². The minimum absolute atomic E-state index is 0.0727. The summed E-state index contributed by atoms with van der Waals surface area (Å²) in [5.41, 5.74) is 5.75. The second-order valence-electron chi connectivity index (χ2n) is 4.77. The van der Waals surface area contributed by atoms with Crippen LogP contribution >= 0.6 is 0 Å². The molecule has 0 heterocycles. The Labute approximate surface area is 123 Å². The smallest absolute Gasteiger partial charge is 0.303 e. The van der Waals surface area contributed by atoms with Crippen LogP contribution < -0.4 is 16.4 Å². The average molecular weight is 300 g/mol. The van der Waals surface area contributed by atoms with E-state index in [4.69, 9.17) is 10.8 Å². The zero-order chi connectivity index (χ0) is 16.4. The van der Waals surface area contributed by atoms with Gasteiger partial charge in [0.15, 0.2) is 0 Å². The Bertz CT molecular complexity index is 386. The molecule has 2 amide bonds. The highest BCUT2D eigenvalue weighted by Gasteiger charge is 2.26. The molecule has 119 valence electrons. The van der Waals surface area contributed by atoms with Crippen molar-refractivity contribution in [3.63, 3.8) is 0 Å². The van der Waals surface area contributed by atoms with E-state index in [2.05, 4.69) is 10.6 Å². The van der Waals surface area contributed by atoms with E-state index in [9.17, 15) is 19.2 Å². The molecule has 0 aromatic carbocycles. The molecule has 0 saturated heterocycles. The predicted octanol–water partition coefficient (Wildman–Crippen LogP) is -1.06. The lowest BCUT2D eigenvalue weighted by Gasteiger charge is -2.22. The summed E-state index contributed by atoms with van der Waals surface area (Å²) in [7, 11) is 0. The summed E-state index contributed by atoms with van der Waals surface area (Å²) in [4.78, 5) is 44.4. The van der Waals surface area contributed by atoms with Crippen LogP contribution in [0.5, 0.6) is 0 Å². The maximum atomic E-state index is 11.9. The number of carboxylic acid groups (broad SMARTS) is 1. The lowest BCUT2D eigenvalue weighted by Crippen LogP contribution is -2.53. The molecule has 0 aromatic rings. The Balaban J connectivity index is 4.71. The highest BCUT2D eigenvalue weighted by molar-refractivity contribution is 5.90. The summed E-state index contributed by atoms with van der Waals surface area (Å²) in [6, 6.07) is -1.83. The van der Waals surface area contributed by atoms with Crippen molar-refractivity contribution in [2.24, 2.45) is 11.7 Å². The Morgan fingerprint density at radius 2 is 1.90 bits per heavy atom. The van der Waals surface area contributed by atoms with Gasteiger partial charge in [0.1, 0.15) is 6.04 Å². The van der Waals surface area contributed by atoms with Crippen molar-refractivity contribution in [1.29, 1.82) is 0 Å². The molecule has 0 aliphatic carbocycles. The van der Waals surface area contributed by atoms with Crippen LogP contribution in [0.3, 0.4) is 0 Å². The monoisotopic (exact) mass is 300 g/mol. The summed E-state index contributed by atoms with van der Waals surface area (Å²) in [6.07, 6.45) is 1.81. The van der Waals surface area contributed by atoms with Gasteiger partial charge in [-0.05, 0) is 12.3 Å². The number of rotatable bonds is 10. The molecule has 5 N–H and O–H groups in total. The molecule has 0 aliphatic rings. The van der Waals surface area contributed by atoms with Crippen LogP contribution in [-0.4, -0.2) is 47.8 Å². The molecule has 3 atom stereocenters. The maximum Gasteiger partial charge on any atom is 0.303 e. The molecule has 21 heavy (non-hydrogen) atoms. The largest absolute Gasteiger partial charge is 0.481 e. The number of carbonyl (C=O) groups is 3. The Kier molecular flexibility index (Phi) is 8.95. The first kappa shape index (κ1) is 19.0. The molecule has 0 aliphatic heterocycles. The number of amides is 2. The van der Waals surface area contributed by atoms with Gasteiger partial charge >= 0.3 is 5.97 Å². The Morgan fingerprint density at radius 3 is 2.38 bits per heavy atom. The molecule has 0 unspecified atom stereocenters. The van der Waals surface area contributed by atoms with Crippen LogP contribution in [0.25, 0.3) is 0 Å². The minimum atomic E-state index is -1.09. The molecule has 8 nitrogen and oxygen atoms in total. The lowest BCUT2D eigenvalue weighted by atomic mass is 9.98. The van der Waals surface area contributed by atoms with Crippen LogP contribution in [0.1, 0.15) is 33.1 Å². The molecule has 0 rings (SSSR count). The maximum absolute atomic E-state index is 11.9. The van der Waals surface area contributed by atoms with Crippen molar-refractivity contribution < 1.29 is 24.3 Å². The van der Waals surface area contributed by atoms with Crippen molar-refractivity contribution >= 4 is 24.1 Å². The van der Waals surface area contributed by atoms with Crippen molar-refractivity contribution in [3.8, 4) is 0 Å². The SMILES string of the molecule is CC[C@H](C)[C@H](N)C(=O)N[C@@H](CCC(=O)O)C(=O)NC[C]=O. The van der Waals surface area contributed by atoms with Crippen molar-refractivity contribution in [2.45, 2.75) is 45.2 Å². The number of nitrogens with two attached hydrogens (primary N) is 1. The molecule has 0 bridgehead atoms. The van der Waals surface area contributed by atoms with E-state index in [1.54, 1.807) is 6.92 Å². The summed E-state index contributed by atoms with van der Waals surface area (Å²) >= 11 is 0. The molecule has 8 heteroatoms. The third-order valence-electron chi connectivity index (χ3n) is 3.17. The van der Waals surface area contributed by atoms with Gasteiger partial charge in [0, 0.05) is 6.42 Å². The van der Waals surface area contributed by atoms with E-state index < -0.39 is 29.9 Å². The van der Waals surface area contributed by atoms with Crippen molar-refractivity contribution in [2.75, 3.05) is 6.54 Å². The Morgan fingerprint density at radius 1 is 1.29 bits per heavy atom. The fraction of sp³-hybridized carbons (Fsp3) is 0.692.